The van der Waals surface area contributed by atoms with Crippen LogP contribution < -0.4 is 5.73 Å². The van der Waals surface area contributed by atoms with Crippen LogP contribution in [-0.4, -0.2) is 28.0 Å². The second-order valence-corrected chi connectivity index (χ2v) is 7.68. The molecule has 0 aliphatic carbocycles. The molecule has 0 bridgehead atoms. The number of alkyl halides is 3. The molecule has 6 nitrogen and oxygen atoms in total. The first-order chi connectivity index (χ1) is 12.7. The summed E-state index contributed by atoms with van der Waals surface area (Å²) in [7, 11) is 1.29. The van der Waals surface area contributed by atoms with E-state index in [2.05, 4.69) is 15.0 Å². The van der Waals surface area contributed by atoms with E-state index in [1.165, 1.54) is 18.4 Å². The molecule has 0 aromatic carbocycles. The lowest BCUT2D eigenvalue weighted by atomic mass is 10.1. The zero-order valence-corrected chi connectivity index (χ0v) is 15.7. The molecule has 142 valence electrons. The molecule has 3 aromatic rings. The van der Waals surface area contributed by atoms with E-state index in [0.29, 0.717) is 22.7 Å². The molecule has 0 radical (unpaired) electrons. The molecule has 0 saturated heterocycles. The van der Waals surface area contributed by atoms with Crippen LogP contribution in [0.1, 0.15) is 33.9 Å². The van der Waals surface area contributed by atoms with Crippen LogP contribution in [0.15, 0.2) is 28.9 Å². The van der Waals surface area contributed by atoms with Crippen LogP contribution in [0.5, 0.6) is 0 Å². The number of methoxy groups -OCH3 is 1. The second kappa shape index (κ2) is 7.31. The number of aromatic nitrogens is 3. The first kappa shape index (κ1) is 19.4. The number of nitrogen functional groups attached to an aromatic ring is 1. The van der Waals surface area contributed by atoms with Crippen LogP contribution in [0.4, 0.5) is 19.0 Å². The Balaban J connectivity index is 1.91. The van der Waals surface area contributed by atoms with Crippen molar-refractivity contribution >= 4 is 45.0 Å². The van der Waals surface area contributed by atoms with Gasteiger partial charge in [0.25, 0.3) is 0 Å². The van der Waals surface area contributed by atoms with E-state index in [1.54, 1.807) is 24.6 Å². The number of thioether (sulfide) groups is 1. The SMILES string of the molecule is COC(=O)c1csc2cnc(C(C)Sc3nc(N)cc(C(F)(F)F)n3)cc12. The molecule has 0 fully saturated rings. The highest BCUT2D eigenvalue weighted by molar-refractivity contribution is 7.99. The maximum atomic E-state index is 12.9. The number of esters is 1. The summed E-state index contributed by atoms with van der Waals surface area (Å²) >= 11 is 2.35. The fourth-order valence-corrected chi connectivity index (χ4v) is 4.05. The number of nitrogens with two attached hydrogens (primary N) is 1. The first-order valence-electron chi connectivity index (χ1n) is 7.53. The van der Waals surface area contributed by atoms with E-state index in [-0.39, 0.29) is 16.2 Å². The molecule has 27 heavy (non-hydrogen) atoms. The average molecular weight is 414 g/mol. The molecule has 2 N–H and O–H groups in total. The number of pyridine rings is 1. The van der Waals surface area contributed by atoms with E-state index in [0.717, 1.165) is 16.5 Å². The van der Waals surface area contributed by atoms with Gasteiger partial charge in [-0.25, -0.2) is 14.8 Å². The molecule has 1 unspecified atom stereocenters. The van der Waals surface area contributed by atoms with Gasteiger partial charge in [-0.2, -0.15) is 13.2 Å². The van der Waals surface area contributed by atoms with Crippen molar-refractivity contribution in [3.05, 3.63) is 40.7 Å². The van der Waals surface area contributed by atoms with Crippen molar-refractivity contribution in [3.8, 4) is 0 Å². The molecule has 3 heterocycles. The molecule has 0 spiro atoms. The molecular formula is C16H13F3N4O2S2. The topological polar surface area (TPSA) is 91.0 Å². The zero-order valence-electron chi connectivity index (χ0n) is 14.1. The predicted octanol–water partition coefficient (Wildman–Crippen LogP) is 4.33. The number of thiophene rings is 1. The third-order valence-electron chi connectivity index (χ3n) is 3.60. The van der Waals surface area contributed by atoms with Crippen molar-refractivity contribution in [2.75, 3.05) is 12.8 Å². The highest BCUT2D eigenvalue weighted by Crippen LogP contribution is 2.37. The Morgan fingerprint density at radius 3 is 2.74 bits per heavy atom. The van der Waals surface area contributed by atoms with Gasteiger partial charge in [0.1, 0.15) is 5.82 Å². The number of carbonyl (C=O) groups is 1. The van der Waals surface area contributed by atoms with Gasteiger partial charge in [0.15, 0.2) is 10.9 Å². The van der Waals surface area contributed by atoms with Gasteiger partial charge < -0.3 is 10.5 Å². The van der Waals surface area contributed by atoms with Gasteiger partial charge in [-0.1, -0.05) is 11.8 Å². The van der Waals surface area contributed by atoms with Crippen molar-refractivity contribution < 1.29 is 22.7 Å². The standard InChI is InChI=1S/C16H13F3N4O2S2/c1-7(27-15-22-12(16(17,18)19)4-13(20)23-15)10-3-8-9(14(24)25-2)6-26-11(8)5-21-10/h3-7H,1-2H3,(H2,20,22,23). The molecular weight excluding hydrogens is 401 g/mol. The zero-order chi connectivity index (χ0) is 19.8. The van der Waals surface area contributed by atoms with Crippen LogP contribution in [0, 0.1) is 0 Å². The minimum atomic E-state index is -4.61. The van der Waals surface area contributed by atoms with Crippen molar-refractivity contribution in [2.45, 2.75) is 23.5 Å². The molecule has 1 atom stereocenters. The monoisotopic (exact) mass is 414 g/mol. The lowest BCUT2D eigenvalue weighted by Crippen LogP contribution is -2.11. The molecule has 0 saturated carbocycles. The van der Waals surface area contributed by atoms with Gasteiger partial charge in [0, 0.05) is 23.0 Å². The average Bonchev–Trinajstić information content (AvgIpc) is 3.03. The number of carbonyl (C=O) groups excluding carboxylic acids is 1. The number of fused-ring (bicyclic) bond motifs is 1. The van der Waals surface area contributed by atoms with Crippen LogP contribution in [0.25, 0.3) is 10.1 Å². The number of anilines is 1. The number of halogens is 3. The summed E-state index contributed by atoms with van der Waals surface area (Å²) in [6, 6.07) is 2.40. The summed E-state index contributed by atoms with van der Waals surface area (Å²) < 4.78 is 44.2. The Morgan fingerprint density at radius 1 is 1.33 bits per heavy atom. The fraction of sp³-hybridized carbons (Fsp3) is 0.250. The van der Waals surface area contributed by atoms with Crippen LogP contribution in [0.3, 0.4) is 0 Å². The quantitative estimate of drug-likeness (QED) is 0.386. The minimum absolute atomic E-state index is 0.102. The second-order valence-electron chi connectivity index (χ2n) is 5.46. The Morgan fingerprint density at radius 2 is 2.07 bits per heavy atom. The maximum Gasteiger partial charge on any atom is 0.433 e. The Kier molecular flexibility index (Phi) is 5.24. The normalized spacial score (nSPS) is 12.9. The summed E-state index contributed by atoms with van der Waals surface area (Å²) in [5.41, 5.74) is 5.35. The highest BCUT2D eigenvalue weighted by atomic mass is 32.2. The molecule has 11 heteroatoms. The summed E-state index contributed by atoms with van der Waals surface area (Å²) in [6.45, 7) is 1.75. The summed E-state index contributed by atoms with van der Waals surface area (Å²) in [5, 5.41) is 1.88. The van der Waals surface area contributed by atoms with Crippen molar-refractivity contribution in [2.24, 2.45) is 0 Å². The predicted molar refractivity (Wildman–Crippen MR) is 96.7 cm³/mol. The molecule has 0 aliphatic rings. The van der Waals surface area contributed by atoms with Gasteiger partial charge in [-0.15, -0.1) is 11.3 Å². The fourth-order valence-electron chi connectivity index (χ4n) is 2.30. The summed E-state index contributed by atoms with van der Waals surface area (Å²) in [6.07, 6.45) is -3.00. The molecule has 3 aromatic heterocycles. The Labute approximate surface area is 160 Å². The summed E-state index contributed by atoms with van der Waals surface area (Å²) in [5.74, 6) is -0.728. The lowest BCUT2D eigenvalue weighted by molar-refractivity contribution is -0.141. The molecule has 0 aliphatic heterocycles. The van der Waals surface area contributed by atoms with E-state index < -0.39 is 17.8 Å². The van der Waals surface area contributed by atoms with Crippen molar-refractivity contribution in [3.63, 3.8) is 0 Å². The number of rotatable bonds is 4. The van der Waals surface area contributed by atoms with E-state index in [9.17, 15) is 18.0 Å². The lowest BCUT2D eigenvalue weighted by Gasteiger charge is -2.12. The Hall–Kier alpha value is -2.40. The van der Waals surface area contributed by atoms with Gasteiger partial charge in [0.05, 0.1) is 28.3 Å². The molecule has 0 amide bonds. The number of hydrogen-bond acceptors (Lipinski definition) is 8. The van der Waals surface area contributed by atoms with Gasteiger partial charge in [-0.3, -0.25) is 4.98 Å². The Bertz CT molecular complexity index is 1010. The highest BCUT2D eigenvalue weighted by Gasteiger charge is 2.33. The maximum absolute atomic E-state index is 12.9. The number of nitrogens with zero attached hydrogens (tertiary/aromatic N) is 3. The number of hydrogen-bond donors (Lipinski definition) is 1. The minimum Gasteiger partial charge on any atom is -0.465 e. The third kappa shape index (κ3) is 4.14. The van der Waals surface area contributed by atoms with Crippen LogP contribution in [0.2, 0.25) is 0 Å². The largest absolute Gasteiger partial charge is 0.465 e. The van der Waals surface area contributed by atoms with Gasteiger partial charge in [0.2, 0.25) is 0 Å². The van der Waals surface area contributed by atoms with Crippen molar-refractivity contribution in [1.82, 2.24) is 15.0 Å². The third-order valence-corrected chi connectivity index (χ3v) is 5.52. The number of ether oxygens (including phenoxy) is 1. The summed E-state index contributed by atoms with van der Waals surface area (Å²) in [4.78, 5) is 23.6. The van der Waals surface area contributed by atoms with Crippen LogP contribution >= 0.6 is 23.1 Å². The van der Waals surface area contributed by atoms with Crippen molar-refractivity contribution in [1.29, 1.82) is 0 Å². The van der Waals surface area contributed by atoms with Gasteiger partial charge in [-0.05, 0) is 13.0 Å². The van der Waals surface area contributed by atoms with E-state index in [4.69, 9.17) is 10.5 Å². The van der Waals surface area contributed by atoms with E-state index >= 15 is 0 Å². The molecule has 3 rings (SSSR count). The van der Waals surface area contributed by atoms with E-state index in [1.807, 2.05) is 0 Å². The first-order valence-corrected chi connectivity index (χ1v) is 9.29. The van der Waals surface area contributed by atoms with Gasteiger partial charge >= 0.3 is 12.1 Å². The smallest absolute Gasteiger partial charge is 0.433 e. The van der Waals surface area contributed by atoms with Crippen LogP contribution in [-0.2, 0) is 10.9 Å².